The van der Waals surface area contributed by atoms with Gasteiger partial charge in [-0.1, -0.05) is 12.2 Å². The topological polar surface area (TPSA) is 108 Å². The molecule has 0 unspecified atom stereocenters. The van der Waals surface area contributed by atoms with Crippen LogP contribution < -0.4 is 18.9 Å². The molecule has 1 aliphatic carbocycles. The zero-order chi connectivity index (χ0) is 31.2. The van der Waals surface area contributed by atoms with Crippen LogP contribution in [0.15, 0.2) is 96.3 Å². The van der Waals surface area contributed by atoms with Crippen molar-refractivity contribution in [3.05, 3.63) is 96.3 Å². The Balaban J connectivity index is 1.31. The Morgan fingerprint density at radius 1 is 0.750 bits per heavy atom. The van der Waals surface area contributed by atoms with Gasteiger partial charge in [-0.2, -0.15) is 4.89 Å². The van der Waals surface area contributed by atoms with Gasteiger partial charge in [-0.15, -0.1) is 0 Å². The lowest BCUT2D eigenvalue weighted by atomic mass is 10.0. The van der Waals surface area contributed by atoms with Gasteiger partial charge < -0.3 is 33.3 Å². The van der Waals surface area contributed by atoms with Crippen molar-refractivity contribution in [3.63, 3.8) is 0 Å². The normalized spacial score (nSPS) is 13.4. The van der Waals surface area contributed by atoms with Crippen molar-refractivity contribution in [3.8, 4) is 23.0 Å². The summed E-state index contributed by atoms with van der Waals surface area (Å²) in [6, 6.07) is 13.9. The van der Waals surface area contributed by atoms with E-state index in [0.29, 0.717) is 55.7 Å². The maximum Gasteiger partial charge on any atom is 0.343 e. The van der Waals surface area contributed by atoms with Crippen molar-refractivity contribution in [2.45, 2.75) is 39.0 Å². The second-order valence-electron chi connectivity index (χ2n) is 9.47. The zero-order valence-corrected chi connectivity index (χ0v) is 25.2. The highest BCUT2D eigenvalue weighted by Crippen LogP contribution is 2.22. The number of unbranched alkanes of at least 4 members (excludes halogenated alkanes) is 2. The molecule has 3 rings (SSSR count). The van der Waals surface area contributed by atoms with Crippen molar-refractivity contribution in [1.29, 1.82) is 0 Å². The van der Waals surface area contributed by atoms with Crippen LogP contribution in [-0.4, -0.2) is 52.3 Å². The molecule has 0 N–H and O–H groups in total. The highest BCUT2D eigenvalue weighted by molar-refractivity contribution is 5.94. The standard InChI is InChI=1S/C34H40O10/c1-3-20-42-43-24-7-6-22-38-29-12-14-30(15-13-29)40-26-41-31-16-18-32(19-17-31)44-34(36)28-10-8-27(9-11-28)25-33(35)39-23-5-4-21-37-2/h3,8,10-20,25H,4-7,9,21-24,26H2,1-2H3. The van der Waals surface area contributed by atoms with E-state index >= 15 is 0 Å². The summed E-state index contributed by atoms with van der Waals surface area (Å²) in [4.78, 5) is 34.3. The maximum atomic E-state index is 12.6. The summed E-state index contributed by atoms with van der Waals surface area (Å²) in [6.45, 7) is 3.91. The fourth-order valence-corrected chi connectivity index (χ4v) is 3.70. The molecule has 10 heteroatoms. The first-order chi connectivity index (χ1) is 21.6. The third-order valence-corrected chi connectivity index (χ3v) is 6.02. The molecule has 44 heavy (non-hydrogen) atoms. The summed E-state index contributed by atoms with van der Waals surface area (Å²) in [5, 5.41) is 0. The first kappa shape index (κ1) is 34.0. The van der Waals surface area contributed by atoms with Crippen LogP contribution in [0, 0.1) is 0 Å². The summed E-state index contributed by atoms with van der Waals surface area (Å²) in [5.41, 5.74) is 1.15. The molecule has 0 spiro atoms. The quantitative estimate of drug-likeness (QED) is 0.0244. The first-order valence-electron chi connectivity index (χ1n) is 14.5. The van der Waals surface area contributed by atoms with E-state index in [1.165, 1.54) is 12.3 Å². The summed E-state index contributed by atoms with van der Waals surface area (Å²) >= 11 is 0. The van der Waals surface area contributed by atoms with Crippen LogP contribution in [0.2, 0.25) is 0 Å². The number of esters is 2. The summed E-state index contributed by atoms with van der Waals surface area (Å²) in [5.74, 6) is 1.42. The van der Waals surface area contributed by atoms with Gasteiger partial charge in [-0.05, 0) is 105 Å². The second-order valence-corrected chi connectivity index (χ2v) is 9.47. The van der Waals surface area contributed by atoms with Gasteiger partial charge in [0.05, 0.1) is 25.4 Å². The molecule has 0 fully saturated rings. The third kappa shape index (κ3) is 13.6. The Hall–Kier alpha value is -4.54. The molecular formula is C34H40O10. The SMILES string of the molecule is CC=COOCCCCOc1ccc(OCOc2ccc(OC(=O)C3=CCC(=CC(=O)OCCCCOC)C=C3)cc2)cc1. The number of benzene rings is 2. The Morgan fingerprint density at radius 2 is 1.36 bits per heavy atom. The molecule has 0 saturated carbocycles. The Bertz CT molecular complexity index is 1260. The fourth-order valence-electron chi connectivity index (χ4n) is 3.70. The predicted molar refractivity (Wildman–Crippen MR) is 163 cm³/mol. The van der Waals surface area contributed by atoms with E-state index < -0.39 is 11.9 Å². The van der Waals surface area contributed by atoms with Gasteiger partial charge in [0.2, 0.25) is 6.79 Å². The van der Waals surface area contributed by atoms with Gasteiger partial charge in [0.15, 0.2) is 0 Å². The van der Waals surface area contributed by atoms with Crippen LogP contribution in [0.4, 0.5) is 0 Å². The molecule has 0 bridgehead atoms. The van der Waals surface area contributed by atoms with Crippen molar-refractivity contribution < 1.29 is 47.8 Å². The average molecular weight is 609 g/mol. The van der Waals surface area contributed by atoms with Crippen molar-refractivity contribution in [2.24, 2.45) is 0 Å². The monoisotopic (exact) mass is 608 g/mol. The van der Waals surface area contributed by atoms with Gasteiger partial charge in [0.25, 0.3) is 0 Å². The predicted octanol–water partition coefficient (Wildman–Crippen LogP) is 6.43. The Labute approximate surface area is 258 Å². The number of allylic oxidation sites excluding steroid dienone is 4. The minimum atomic E-state index is -0.492. The first-order valence-corrected chi connectivity index (χ1v) is 14.5. The van der Waals surface area contributed by atoms with Crippen LogP contribution in [-0.2, 0) is 28.8 Å². The molecule has 0 heterocycles. The lowest BCUT2D eigenvalue weighted by Gasteiger charge is -2.11. The second kappa shape index (κ2) is 20.4. The number of carbonyl (C=O) groups is 2. The molecule has 10 nitrogen and oxygen atoms in total. The van der Waals surface area contributed by atoms with Gasteiger partial charge in [0, 0.05) is 19.8 Å². The van der Waals surface area contributed by atoms with E-state index in [9.17, 15) is 9.59 Å². The molecule has 236 valence electrons. The highest BCUT2D eigenvalue weighted by atomic mass is 17.2. The molecule has 2 aromatic rings. The molecule has 0 atom stereocenters. The molecule has 0 aromatic heterocycles. The summed E-state index contributed by atoms with van der Waals surface area (Å²) in [6.07, 6.45) is 13.4. The van der Waals surface area contributed by atoms with Crippen molar-refractivity contribution in [1.82, 2.24) is 0 Å². The Kier molecular flexibility index (Phi) is 15.7. The van der Waals surface area contributed by atoms with Crippen molar-refractivity contribution >= 4 is 11.9 Å². The van der Waals surface area contributed by atoms with Gasteiger partial charge in [-0.25, -0.2) is 9.59 Å². The molecular weight excluding hydrogens is 568 g/mol. The van der Waals surface area contributed by atoms with E-state index in [0.717, 1.165) is 37.0 Å². The largest absolute Gasteiger partial charge is 0.494 e. The van der Waals surface area contributed by atoms with E-state index in [2.05, 4.69) is 0 Å². The average Bonchev–Trinajstić information content (AvgIpc) is 3.04. The zero-order valence-electron chi connectivity index (χ0n) is 25.2. The molecule has 1 aliphatic rings. The Morgan fingerprint density at radius 3 is 2.00 bits per heavy atom. The highest BCUT2D eigenvalue weighted by Gasteiger charge is 2.13. The van der Waals surface area contributed by atoms with Gasteiger partial charge in [-0.3, -0.25) is 0 Å². The smallest absolute Gasteiger partial charge is 0.343 e. The van der Waals surface area contributed by atoms with Gasteiger partial charge in [0.1, 0.15) is 29.3 Å². The number of carbonyl (C=O) groups excluding carboxylic acids is 2. The number of hydrogen-bond acceptors (Lipinski definition) is 10. The van der Waals surface area contributed by atoms with Crippen LogP contribution in [0.1, 0.15) is 39.0 Å². The lowest BCUT2D eigenvalue weighted by molar-refractivity contribution is -0.249. The number of rotatable bonds is 20. The third-order valence-electron chi connectivity index (χ3n) is 6.02. The maximum absolute atomic E-state index is 12.6. The van der Waals surface area contributed by atoms with E-state index in [4.69, 9.17) is 38.2 Å². The van der Waals surface area contributed by atoms with Crippen LogP contribution in [0.25, 0.3) is 0 Å². The fraction of sp³-hybridized carbons (Fsp3) is 0.353. The minimum Gasteiger partial charge on any atom is -0.494 e. The number of ether oxygens (including phenoxy) is 6. The van der Waals surface area contributed by atoms with Crippen LogP contribution >= 0.6 is 0 Å². The van der Waals surface area contributed by atoms with Gasteiger partial charge >= 0.3 is 11.9 Å². The molecule has 0 saturated heterocycles. The molecule has 0 amide bonds. The molecule has 0 radical (unpaired) electrons. The van der Waals surface area contributed by atoms with E-state index in [-0.39, 0.29) is 6.79 Å². The molecule has 2 aromatic carbocycles. The summed E-state index contributed by atoms with van der Waals surface area (Å²) in [7, 11) is 1.64. The van der Waals surface area contributed by atoms with Crippen LogP contribution in [0.3, 0.4) is 0 Å². The van der Waals surface area contributed by atoms with E-state index in [1.54, 1.807) is 67.8 Å². The molecule has 0 aliphatic heterocycles. The summed E-state index contributed by atoms with van der Waals surface area (Å²) < 4.78 is 32.6. The van der Waals surface area contributed by atoms with Crippen LogP contribution in [0.5, 0.6) is 23.0 Å². The van der Waals surface area contributed by atoms with E-state index in [1.807, 2.05) is 19.1 Å². The van der Waals surface area contributed by atoms with Crippen molar-refractivity contribution in [2.75, 3.05) is 40.3 Å². The number of hydrogen-bond donors (Lipinski definition) is 0. The lowest BCUT2D eigenvalue weighted by Crippen LogP contribution is -2.12. The minimum absolute atomic E-state index is 0.00349. The number of methoxy groups -OCH3 is 1.